The van der Waals surface area contributed by atoms with E-state index in [-0.39, 0.29) is 29.8 Å². The molecule has 1 aliphatic carbocycles. The van der Waals surface area contributed by atoms with E-state index in [9.17, 15) is 19.5 Å². The summed E-state index contributed by atoms with van der Waals surface area (Å²) in [6.07, 6.45) is 5.61. The van der Waals surface area contributed by atoms with Gasteiger partial charge in [-0.3, -0.25) is 19.3 Å². The van der Waals surface area contributed by atoms with E-state index in [1.165, 1.54) is 15.5 Å². The van der Waals surface area contributed by atoms with Crippen LogP contribution in [0.5, 0.6) is 0 Å². The molecule has 3 heterocycles. The van der Waals surface area contributed by atoms with Crippen molar-refractivity contribution >= 4 is 11.8 Å². The zero-order valence-corrected chi connectivity index (χ0v) is 24.7. The first-order chi connectivity index (χ1) is 19.6. The number of pyridine rings is 1. The highest BCUT2D eigenvalue weighted by Crippen LogP contribution is 2.51. The fourth-order valence-electron chi connectivity index (χ4n) is 7.09. The van der Waals surface area contributed by atoms with Gasteiger partial charge in [0.1, 0.15) is 0 Å². The van der Waals surface area contributed by atoms with Gasteiger partial charge < -0.3 is 24.2 Å². The Hall–Kier alpha value is -3.01. The molecule has 1 saturated carbocycles. The standard InChI is InChI=1S/C32H44N4O5/c1-24(20-34-15-17-41-18-16-34)29(38)35-14-13-32(40,31(22-35)11-7-8-12-31)23-36-21-27(30(39)33(2)3)26(19-28(36)37)25-9-5-4-6-10-25/h4-6,9-10,19,21,24,40H,7-8,11-18,20,22-23H2,1-3H3. The molecule has 1 aromatic carbocycles. The third-order valence-corrected chi connectivity index (χ3v) is 9.48. The van der Waals surface area contributed by atoms with Crippen molar-refractivity contribution in [3.63, 3.8) is 0 Å². The molecule has 2 aromatic rings. The van der Waals surface area contributed by atoms with Gasteiger partial charge in [0.25, 0.3) is 11.5 Å². The van der Waals surface area contributed by atoms with Crippen LogP contribution in [0.3, 0.4) is 0 Å². The van der Waals surface area contributed by atoms with Crippen LogP contribution >= 0.6 is 0 Å². The fourth-order valence-corrected chi connectivity index (χ4v) is 7.09. The lowest BCUT2D eigenvalue weighted by atomic mass is 9.65. The summed E-state index contributed by atoms with van der Waals surface area (Å²) in [5, 5.41) is 12.3. The zero-order valence-electron chi connectivity index (χ0n) is 24.7. The Bertz CT molecular complexity index is 1300. The number of aromatic nitrogens is 1. The van der Waals surface area contributed by atoms with Crippen LogP contribution in [0.4, 0.5) is 0 Å². The highest BCUT2D eigenvalue weighted by atomic mass is 16.5. The molecular weight excluding hydrogens is 520 g/mol. The summed E-state index contributed by atoms with van der Waals surface area (Å²) in [7, 11) is 3.39. The van der Waals surface area contributed by atoms with Gasteiger partial charge in [-0.25, -0.2) is 0 Å². The van der Waals surface area contributed by atoms with Crippen LogP contribution in [0.2, 0.25) is 0 Å². The lowest BCUT2D eigenvalue weighted by Crippen LogP contribution is -2.62. The maximum absolute atomic E-state index is 13.6. The molecule has 0 radical (unpaired) electrons. The number of likely N-dealkylation sites (tertiary alicyclic amines) is 1. The van der Waals surface area contributed by atoms with Gasteiger partial charge in [0.2, 0.25) is 5.91 Å². The molecule has 3 aliphatic rings. The molecule has 1 aromatic heterocycles. The summed E-state index contributed by atoms with van der Waals surface area (Å²) in [5.41, 5.74) is -0.0888. The van der Waals surface area contributed by atoms with Crippen LogP contribution < -0.4 is 5.56 Å². The van der Waals surface area contributed by atoms with E-state index in [0.29, 0.717) is 50.4 Å². The van der Waals surface area contributed by atoms with Crippen LogP contribution in [0.15, 0.2) is 47.4 Å². The van der Waals surface area contributed by atoms with Gasteiger partial charge in [0, 0.05) is 76.0 Å². The molecule has 9 heteroatoms. The van der Waals surface area contributed by atoms with E-state index in [1.807, 2.05) is 42.2 Å². The van der Waals surface area contributed by atoms with Crippen LogP contribution in [0.25, 0.3) is 11.1 Å². The largest absolute Gasteiger partial charge is 0.387 e. The minimum Gasteiger partial charge on any atom is -0.387 e. The van der Waals surface area contributed by atoms with Gasteiger partial charge in [-0.05, 0) is 24.8 Å². The number of hydrogen-bond donors (Lipinski definition) is 1. The summed E-state index contributed by atoms with van der Waals surface area (Å²) >= 11 is 0. The lowest BCUT2D eigenvalue weighted by Gasteiger charge is -2.53. The second kappa shape index (κ2) is 12.1. The second-order valence-electron chi connectivity index (χ2n) is 12.5. The second-order valence-corrected chi connectivity index (χ2v) is 12.5. The maximum atomic E-state index is 13.6. The lowest BCUT2D eigenvalue weighted by molar-refractivity contribution is -0.163. The fraction of sp³-hybridized carbons (Fsp3) is 0.594. The van der Waals surface area contributed by atoms with Crippen LogP contribution in [0.1, 0.15) is 49.4 Å². The number of ether oxygens (including phenoxy) is 1. The minimum absolute atomic E-state index is 0.0972. The summed E-state index contributed by atoms with van der Waals surface area (Å²) in [6, 6.07) is 11.0. The van der Waals surface area contributed by atoms with E-state index in [0.717, 1.165) is 44.3 Å². The first-order valence-corrected chi connectivity index (χ1v) is 15.0. The predicted octanol–water partition coefficient (Wildman–Crippen LogP) is 2.71. The average Bonchev–Trinajstić information content (AvgIpc) is 3.45. The van der Waals surface area contributed by atoms with Crippen molar-refractivity contribution in [2.75, 3.05) is 60.0 Å². The third kappa shape index (κ3) is 5.98. The first-order valence-electron chi connectivity index (χ1n) is 15.0. The number of carbonyl (C=O) groups excluding carboxylic acids is 2. The Balaban J connectivity index is 1.40. The number of carbonyl (C=O) groups is 2. The molecule has 41 heavy (non-hydrogen) atoms. The predicted molar refractivity (Wildman–Crippen MR) is 158 cm³/mol. The maximum Gasteiger partial charge on any atom is 0.255 e. The molecule has 1 N–H and O–H groups in total. The van der Waals surface area contributed by atoms with Crippen molar-refractivity contribution in [2.24, 2.45) is 11.3 Å². The van der Waals surface area contributed by atoms with Crippen LogP contribution in [0, 0.1) is 11.3 Å². The van der Waals surface area contributed by atoms with Gasteiger partial charge in [-0.2, -0.15) is 0 Å². The van der Waals surface area contributed by atoms with Gasteiger partial charge >= 0.3 is 0 Å². The summed E-state index contributed by atoms with van der Waals surface area (Å²) < 4.78 is 6.97. The highest BCUT2D eigenvalue weighted by molar-refractivity contribution is 6.00. The molecule has 3 fully saturated rings. The van der Waals surface area contributed by atoms with Crippen LogP contribution in [-0.4, -0.2) is 102 Å². The van der Waals surface area contributed by atoms with Crippen molar-refractivity contribution in [2.45, 2.75) is 51.2 Å². The molecular formula is C32H44N4O5. The molecule has 1 spiro atoms. The number of piperidine rings is 1. The summed E-state index contributed by atoms with van der Waals surface area (Å²) in [6.45, 7) is 6.84. The Kier molecular flexibility index (Phi) is 8.68. The van der Waals surface area contributed by atoms with Gasteiger partial charge in [0.15, 0.2) is 0 Å². The number of aliphatic hydroxyl groups is 1. The molecule has 5 rings (SSSR count). The highest BCUT2D eigenvalue weighted by Gasteiger charge is 2.55. The summed E-state index contributed by atoms with van der Waals surface area (Å²) in [5.74, 6) is -0.201. The Labute approximate surface area is 242 Å². The average molecular weight is 565 g/mol. The number of benzene rings is 1. The van der Waals surface area contributed by atoms with E-state index >= 15 is 0 Å². The smallest absolute Gasteiger partial charge is 0.255 e. The number of rotatable bonds is 7. The topological polar surface area (TPSA) is 95.3 Å². The minimum atomic E-state index is -1.16. The Morgan fingerprint density at radius 3 is 2.39 bits per heavy atom. The zero-order chi connectivity index (χ0) is 29.2. The van der Waals surface area contributed by atoms with Gasteiger partial charge in [0.05, 0.1) is 30.9 Å². The van der Waals surface area contributed by atoms with Crippen molar-refractivity contribution in [3.05, 3.63) is 58.5 Å². The normalized spacial score (nSPS) is 23.5. The van der Waals surface area contributed by atoms with Crippen molar-refractivity contribution in [1.82, 2.24) is 19.3 Å². The summed E-state index contributed by atoms with van der Waals surface area (Å²) in [4.78, 5) is 46.0. The number of morpholine rings is 1. The first kappa shape index (κ1) is 29.5. The monoisotopic (exact) mass is 564 g/mol. The van der Waals surface area contributed by atoms with E-state index in [1.54, 1.807) is 20.3 Å². The number of amides is 2. The Morgan fingerprint density at radius 2 is 1.73 bits per heavy atom. The van der Waals surface area contributed by atoms with Crippen LogP contribution in [-0.2, 0) is 16.1 Å². The molecule has 2 unspecified atom stereocenters. The molecule has 2 atom stereocenters. The molecule has 0 bridgehead atoms. The van der Waals surface area contributed by atoms with Crippen molar-refractivity contribution < 1.29 is 19.4 Å². The molecule has 2 amide bonds. The third-order valence-electron chi connectivity index (χ3n) is 9.48. The van der Waals surface area contributed by atoms with E-state index in [2.05, 4.69) is 4.90 Å². The quantitative estimate of drug-likeness (QED) is 0.556. The molecule has 9 nitrogen and oxygen atoms in total. The SMILES string of the molecule is CC(CN1CCOCC1)C(=O)N1CCC(O)(Cn2cc(C(=O)N(C)C)c(-c3ccccc3)cc2=O)C2(CCCC2)C1. The van der Waals surface area contributed by atoms with Crippen molar-refractivity contribution in [1.29, 1.82) is 0 Å². The van der Waals surface area contributed by atoms with Gasteiger partial charge in [-0.1, -0.05) is 50.1 Å². The molecule has 2 saturated heterocycles. The molecule has 222 valence electrons. The molecule has 2 aliphatic heterocycles. The van der Waals surface area contributed by atoms with E-state index < -0.39 is 11.0 Å². The van der Waals surface area contributed by atoms with E-state index in [4.69, 9.17) is 4.74 Å². The number of hydrogen-bond acceptors (Lipinski definition) is 6. The van der Waals surface area contributed by atoms with Crippen molar-refractivity contribution in [3.8, 4) is 11.1 Å². The Morgan fingerprint density at radius 1 is 1.05 bits per heavy atom. The number of nitrogens with zero attached hydrogens (tertiary/aromatic N) is 4. The van der Waals surface area contributed by atoms with Gasteiger partial charge in [-0.15, -0.1) is 0 Å².